The molecular weight excluding hydrogens is 651 g/mol. The van der Waals surface area contributed by atoms with E-state index in [1.54, 1.807) is 0 Å². The molecule has 0 unspecified atom stereocenters. The van der Waals surface area contributed by atoms with Crippen molar-refractivity contribution in [2.24, 2.45) is 0 Å². The summed E-state index contributed by atoms with van der Waals surface area (Å²) in [4.78, 5) is 2.54. The minimum absolute atomic E-state index is 0.127. The molecule has 8 aromatic carbocycles. The Morgan fingerprint density at radius 3 is 1.59 bits per heavy atom. The van der Waals surface area contributed by atoms with Crippen molar-refractivity contribution in [1.29, 1.82) is 0 Å². The fraction of sp³-hybridized carbons (Fsp3) is 0.0943. The topological polar surface area (TPSA) is 3.24 Å². The highest BCUT2D eigenvalue weighted by Gasteiger charge is 2.36. The molecule has 0 saturated heterocycles. The Kier molecular flexibility index (Phi) is 7.70. The van der Waals surface area contributed by atoms with Crippen molar-refractivity contribution in [3.8, 4) is 44.5 Å². The van der Waals surface area contributed by atoms with E-state index in [0.29, 0.717) is 0 Å². The van der Waals surface area contributed by atoms with Crippen LogP contribution in [0.3, 0.4) is 0 Å². The molecule has 0 fully saturated rings. The summed E-state index contributed by atoms with van der Waals surface area (Å²) in [5.41, 5.74) is 21.7. The summed E-state index contributed by atoms with van der Waals surface area (Å²) in [7, 11) is 0. The predicted molar refractivity (Wildman–Crippen MR) is 227 cm³/mol. The van der Waals surface area contributed by atoms with Gasteiger partial charge in [0, 0.05) is 22.2 Å². The zero-order valence-corrected chi connectivity index (χ0v) is 30.8. The van der Waals surface area contributed by atoms with Crippen molar-refractivity contribution in [3.05, 3.63) is 221 Å². The van der Waals surface area contributed by atoms with Crippen molar-refractivity contribution in [2.45, 2.75) is 32.1 Å². The van der Waals surface area contributed by atoms with E-state index in [2.05, 4.69) is 207 Å². The van der Waals surface area contributed by atoms with Gasteiger partial charge in [-0.15, -0.1) is 0 Å². The van der Waals surface area contributed by atoms with E-state index in [1.807, 2.05) is 0 Å². The van der Waals surface area contributed by atoms with Gasteiger partial charge in [0.15, 0.2) is 0 Å². The van der Waals surface area contributed by atoms with Gasteiger partial charge in [0.1, 0.15) is 0 Å². The van der Waals surface area contributed by atoms with Gasteiger partial charge < -0.3 is 4.90 Å². The number of hydrogen-bond acceptors (Lipinski definition) is 1. The quantitative estimate of drug-likeness (QED) is 0.178. The number of anilines is 3. The molecule has 0 heterocycles. The second-order valence-electron chi connectivity index (χ2n) is 15.3. The largest absolute Gasteiger partial charge is 0.309 e. The standard InChI is InChI=1S/C53H41N/c1-53(2)48-28-14-12-27-46(48)47-32-31-41(35-49(47)53)54(50-29-15-13-25-44(50)36-17-4-3-5-18-36)51-30-16-22-40-34-38-20-7-10-24-43(38)42-23-9-6-19-37(42)33-39-21-8-11-26-45(39)52(40)51/h3-32,35H,33-34H2,1-2H3. The monoisotopic (exact) mass is 691 g/mol. The Hall–Kier alpha value is -6.44. The average molecular weight is 692 g/mol. The van der Waals surface area contributed by atoms with E-state index in [9.17, 15) is 0 Å². The van der Waals surface area contributed by atoms with E-state index in [1.165, 1.54) is 83.6 Å². The first-order chi connectivity index (χ1) is 26.6. The van der Waals surface area contributed by atoms with E-state index < -0.39 is 0 Å². The van der Waals surface area contributed by atoms with Gasteiger partial charge in [-0.2, -0.15) is 0 Å². The van der Waals surface area contributed by atoms with Crippen LogP contribution in [0.4, 0.5) is 17.1 Å². The third-order valence-corrected chi connectivity index (χ3v) is 11.8. The second-order valence-corrected chi connectivity index (χ2v) is 15.3. The number of hydrogen-bond donors (Lipinski definition) is 0. The van der Waals surface area contributed by atoms with E-state index >= 15 is 0 Å². The molecule has 10 rings (SSSR count). The molecule has 0 bridgehead atoms. The first kappa shape index (κ1) is 32.2. The molecule has 0 radical (unpaired) electrons. The molecule has 0 amide bonds. The smallest absolute Gasteiger partial charge is 0.0543 e. The van der Waals surface area contributed by atoms with Gasteiger partial charge in [-0.05, 0) is 104 Å². The van der Waals surface area contributed by atoms with Crippen molar-refractivity contribution >= 4 is 17.1 Å². The zero-order chi connectivity index (χ0) is 36.2. The van der Waals surface area contributed by atoms with E-state index in [0.717, 1.165) is 24.2 Å². The van der Waals surface area contributed by atoms with Crippen LogP contribution in [0.15, 0.2) is 188 Å². The Morgan fingerprint density at radius 2 is 0.870 bits per heavy atom. The van der Waals surface area contributed by atoms with Gasteiger partial charge in [-0.25, -0.2) is 0 Å². The van der Waals surface area contributed by atoms with Gasteiger partial charge in [0.25, 0.3) is 0 Å². The molecular formula is C53H41N. The van der Waals surface area contributed by atoms with Crippen LogP contribution < -0.4 is 4.90 Å². The molecule has 1 nitrogen and oxygen atoms in total. The fourth-order valence-electron chi connectivity index (χ4n) is 9.20. The molecule has 1 heteroatoms. The lowest BCUT2D eigenvalue weighted by atomic mass is 9.82. The highest BCUT2D eigenvalue weighted by molar-refractivity contribution is 5.96. The highest BCUT2D eigenvalue weighted by Crippen LogP contribution is 2.53. The minimum atomic E-state index is -0.127. The number of fused-ring (bicyclic) bond motifs is 9. The summed E-state index contributed by atoms with van der Waals surface area (Å²) in [6.07, 6.45) is 1.67. The van der Waals surface area contributed by atoms with Gasteiger partial charge in [-0.1, -0.05) is 178 Å². The summed E-state index contributed by atoms with van der Waals surface area (Å²) in [5, 5.41) is 0. The SMILES string of the molecule is CC1(C)c2ccccc2-c2ccc(N(c3ccccc3-c3ccccc3)c3cccc4c3-c3ccccc3Cc3ccccc3-c3ccccc3C4)cc21. The van der Waals surface area contributed by atoms with Crippen LogP contribution in [0, 0.1) is 0 Å². The maximum Gasteiger partial charge on any atom is 0.0543 e. The summed E-state index contributed by atoms with van der Waals surface area (Å²) in [6.45, 7) is 4.75. The van der Waals surface area contributed by atoms with Crippen LogP contribution >= 0.6 is 0 Å². The summed E-state index contributed by atoms with van der Waals surface area (Å²) in [6, 6.07) is 69.9. The maximum atomic E-state index is 2.54. The highest BCUT2D eigenvalue weighted by atomic mass is 15.1. The van der Waals surface area contributed by atoms with Crippen LogP contribution in [0.5, 0.6) is 0 Å². The number of benzene rings is 8. The van der Waals surface area contributed by atoms with Crippen LogP contribution in [-0.2, 0) is 18.3 Å². The Balaban J connectivity index is 1.27. The van der Waals surface area contributed by atoms with Gasteiger partial charge >= 0.3 is 0 Å². The van der Waals surface area contributed by atoms with E-state index in [-0.39, 0.29) is 5.41 Å². The fourth-order valence-corrected chi connectivity index (χ4v) is 9.20. The lowest BCUT2D eigenvalue weighted by molar-refractivity contribution is 0.660. The Morgan fingerprint density at radius 1 is 0.370 bits per heavy atom. The molecule has 0 spiro atoms. The minimum Gasteiger partial charge on any atom is -0.309 e. The van der Waals surface area contributed by atoms with Crippen LogP contribution in [0.25, 0.3) is 44.5 Å². The summed E-state index contributed by atoms with van der Waals surface area (Å²) < 4.78 is 0. The Bertz CT molecular complexity index is 2700. The molecule has 0 aromatic heterocycles. The molecule has 0 saturated carbocycles. The average Bonchev–Trinajstić information content (AvgIpc) is 3.45. The number of nitrogens with zero attached hydrogens (tertiary/aromatic N) is 1. The third kappa shape index (κ3) is 5.23. The van der Waals surface area contributed by atoms with Crippen LogP contribution in [-0.4, -0.2) is 0 Å². The molecule has 8 aromatic rings. The van der Waals surface area contributed by atoms with Crippen LogP contribution in [0.2, 0.25) is 0 Å². The second kappa shape index (κ2) is 12.9. The van der Waals surface area contributed by atoms with Gasteiger partial charge in [-0.3, -0.25) is 0 Å². The zero-order valence-electron chi connectivity index (χ0n) is 30.8. The molecule has 0 N–H and O–H groups in total. The lowest BCUT2D eigenvalue weighted by Gasteiger charge is -2.33. The molecule has 0 aliphatic heterocycles. The molecule has 2 aliphatic carbocycles. The van der Waals surface area contributed by atoms with Gasteiger partial charge in [0.2, 0.25) is 0 Å². The van der Waals surface area contributed by atoms with Crippen molar-refractivity contribution in [2.75, 3.05) is 4.90 Å². The first-order valence-electron chi connectivity index (χ1n) is 19.1. The Labute approximate surface area is 318 Å². The summed E-state index contributed by atoms with van der Waals surface area (Å²) >= 11 is 0. The van der Waals surface area contributed by atoms with Crippen molar-refractivity contribution < 1.29 is 0 Å². The third-order valence-electron chi connectivity index (χ3n) is 11.8. The molecule has 54 heavy (non-hydrogen) atoms. The molecule has 258 valence electrons. The van der Waals surface area contributed by atoms with Crippen molar-refractivity contribution in [1.82, 2.24) is 0 Å². The van der Waals surface area contributed by atoms with E-state index in [4.69, 9.17) is 0 Å². The first-order valence-corrected chi connectivity index (χ1v) is 19.1. The number of rotatable bonds is 4. The molecule has 2 aliphatic rings. The summed E-state index contributed by atoms with van der Waals surface area (Å²) in [5.74, 6) is 0. The normalized spacial score (nSPS) is 13.4. The number of para-hydroxylation sites is 1. The van der Waals surface area contributed by atoms with Gasteiger partial charge in [0.05, 0.1) is 11.4 Å². The predicted octanol–water partition coefficient (Wildman–Crippen LogP) is 14.0. The van der Waals surface area contributed by atoms with Crippen molar-refractivity contribution in [3.63, 3.8) is 0 Å². The maximum absolute atomic E-state index is 2.54. The van der Waals surface area contributed by atoms with Crippen LogP contribution in [0.1, 0.15) is 47.2 Å². The molecule has 0 atom stereocenters. The lowest BCUT2D eigenvalue weighted by Crippen LogP contribution is -2.17.